The van der Waals surface area contributed by atoms with Crippen LogP contribution in [-0.4, -0.2) is 48.4 Å². The van der Waals surface area contributed by atoms with Crippen LogP contribution in [-0.2, 0) is 20.7 Å². The Bertz CT molecular complexity index is 734. The van der Waals surface area contributed by atoms with Crippen LogP contribution < -0.4 is 0 Å². The number of rotatable bonds is 4. The standard InChI is InChI=1S/C17H19BrN2O3S2/c18-12-7-14(24-9-12)16-19-13(10-25-16)8-15(21)20-3-1-11(2-4-20)17-22-5-6-23-17/h7,9-11,17H,1-6,8H2. The van der Waals surface area contributed by atoms with Crippen LogP contribution in [0.2, 0.25) is 0 Å². The van der Waals surface area contributed by atoms with Crippen LogP contribution in [0, 0.1) is 5.92 Å². The van der Waals surface area contributed by atoms with Crippen molar-refractivity contribution in [3.63, 3.8) is 0 Å². The summed E-state index contributed by atoms with van der Waals surface area (Å²) in [5.74, 6) is 0.575. The van der Waals surface area contributed by atoms with Crippen molar-refractivity contribution >= 4 is 44.5 Å². The number of carbonyl (C=O) groups excluding carboxylic acids is 1. The van der Waals surface area contributed by atoms with Crippen molar-refractivity contribution in [1.29, 1.82) is 0 Å². The van der Waals surface area contributed by atoms with Gasteiger partial charge in [0.15, 0.2) is 6.29 Å². The highest BCUT2D eigenvalue weighted by molar-refractivity contribution is 9.10. The third-order valence-electron chi connectivity index (χ3n) is 4.59. The van der Waals surface area contributed by atoms with Gasteiger partial charge in [-0.15, -0.1) is 22.7 Å². The summed E-state index contributed by atoms with van der Waals surface area (Å²) in [6.07, 6.45) is 2.21. The number of thiazole rings is 1. The molecule has 2 saturated heterocycles. The Labute approximate surface area is 163 Å². The number of piperidine rings is 1. The summed E-state index contributed by atoms with van der Waals surface area (Å²) in [7, 11) is 0. The predicted molar refractivity (Wildman–Crippen MR) is 102 cm³/mol. The summed E-state index contributed by atoms with van der Waals surface area (Å²) in [6.45, 7) is 2.94. The number of amides is 1. The molecule has 0 bridgehead atoms. The summed E-state index contributed by atoms with van der Waals surface area (Å²) < 4.78 is 12.3. The van der Waals surface area contributed by atoms with E-state index >= 15 is 0 Å². The SMILES string of the molecule is O=C(Cc1csc(-c2cc(Br)cs2)n1)N1CCC(C2OCCO2)CC1. The number of carbonyl (C=O) groups is 1. The third kappa shape index (κ3) is 4.14. The molecule has 1 amide bonds. The summed E-state index contributed by atoms with van der Waals surface area (Å²) in [6, 6.07) is 2.06. The molecule has 0 aliphatic carbocycles. The maximum Gasteiger partial charge on any atom is 0.228 e. The highest BCUT2D eigenvalue weighted by Gasteiger charge is 2.31. The Morgan fingerprint density at radius 2 is 2.00 bits per heavy atom. The Morgan fingerprint density at radius 1 is 1.24 bits per heavy atom. The first kappa shape index (κ1) is 17.6. The van der Waals surface area contributed by atoms with Crippen molar-refractivity contribution in [2.24, 2.45) is 5.92 Å². The van der Waals surface area contributed by atoms with Crippen LogP contribution in [0.25, 0.3) is 9.88 Å². The van der Waals surface area contributed by atoms with Crippen molar-refractivity contribution in [2.75, 3.05) is 26.3 Å². The molecule has 8 heteroatoms. The van der Waals surface area contributed by atoms with Gasteiger partial charge in [-0.2, -0.15) is 0 Å². The van der Waals surface area contributed by atoms with Crippen molar-refractivity contribution in [3.05, 3.63) is 27.0 Å². The minimum Gasteiger partial charge on any atom is -0.350 e. The van der Waals surface area contributed by atoms with Crippen LogP contribution in [0.1, 0.15) is 18.5 Å². The molecule has 25 heavy (non-hydrogen) atoms. The molecule has 0 N–H and O–H groups in total. The molecule has 2 aliphatic rings. The molecule has 0 saturated carbocycles. The van der Waals surface area contributed by atoms with E-state index in [0.29, 0.717) is 25.6 Å². The van der Waals surface area contributed by atoms with Gasteiger partial charge in [-0.1, -0.05) is 0 Å². The Balaban J connectivity index is 1.31. The van der Waals surface area contributed by atoms with Crippen molar-refractivity contribution < 1.29 is 14.3 Å². The van der Waals surface area contributed by atoms with Gasteiger partial charge in [0.2, 0.25) is 5.91 Å². The molecular weight excluding hydrogens is 424 g/mol. The van der Waals surface area contributed by atoms with E-state index in [1.165, 1.54) is 0 Å². The molecule has 0 spiro atoms. The van der Waals surface area contributed by atoms with E-state index < -0.39 is 0 Å². The van der Waals surface area contributed by atoms with Crippen LogP contribution >= 0.6 is 38.6 Å². The number of hydrogen-bond donors (Lipinski definition) is 0. The van der Waals surface area contributed by atoms with E-state index in [0.717, 1.165) is 46.0 Å². The summed E-state index contributed by atoms with van der Waals surface area (Å²) >= 11 is 6.72. The van der Waals surface area contributed by atoms with Crippen LogP contribution in [0.4, 0.5) is 0 Å². The third-order valence-corrected chi connectivity index (χ3v) is 7.34. The van der Waals surface area contributed by atoms with Gasteiger partial charge in [-0.25, -0.2) is 4.98 Å². The Kier molecular flexibility index (Phi) is 5.52. The molecule has 2 aliphatic heterocycles. The van der Waals surface area contributed by atoms with Crippen molar-refractivity contribution in [3.8, 4) is 9.88 Å². The fourth-order valence-corrected chi connectivity index (χ4v) is 5.59. The lowest BCUT2D eigenvalue weighted by atomic mass is 9.96. The fraction of sp³-hybridized carbons (Fsp3) is 0.529. The minimum atomic E-state index is -0.0662. The van der Waals surface area contributed by atoms with E-state index in [-0.39, 0.29) is 12.2 Å². The lowest BCUT2D eigenvalue weighted by Crippen LogP contribution is -2.42. The van der Waals surface area contributed by atoms with Crippen LogP contribution in [0.5, 0.6) is 0 Å². The summed E-state index contributed by atoms with van der Waals surface area (Å²) in [5.41, 5.74) is 0.860. The molecular formula is C17H19BrN2O3S2. The van der Waals surface area contributed by atoms with Gasteiger partial charge in [0.25, 0.3) is 0 Å². The van der Waals surface area contributed by atoms with E-state index in [1.54, 1.807) is 22.7 Å². The van der Waals surface area contributed by atoms with E-state index in [4.69, 9.17) is 9.47 Å². The zero-order chi connectivity index (χ0) is 17.2. The van der Waals surface area contributed by atoms with Crippen LogP contribution in [0.3, 0.4) is 0 Å². The second kappa shape index (κ2) is 7.84. The summed E-state index contributed by atoms with van der Waals surface area (Å²) in [5, 5.41) is 5.02. The number of halogens is 1. The molecule has 0 aromatic carbocycles. The van der Waals surface area contributed by atoms with Crippen LogP contribution in [0.15, 0.2) is 21.3 Å². The minimum absolute atomic E-state index is 0.0662. The lowest BCUT2D eigenvalue weighted by molar-refractivity contribution is -0.136. The monoisotopic (exact) mass is 442 g/mol. The molecule has 4 heterocycles. The number of aromatic nitrogens is 1. The molecule has 4 rings (SSSR count). The Hall–Kier alpha value is -0.800. The first-order chi connectivity index (χ1) is 12.2. The van der Waals surface area contributed by atoms with Gasteiger partial charge in [0.05, 0.1) is 30.2 Å². The molecule has 0 radical (unpaired) electrons. The van der Waals surface area contributed by atoms with Gasteiger partial charge < -0.3 is 14.4 Å². The first-order valence-electron chi connectivity index (χ1n) is 8.39. The molecule has 2 aromatic rings. The van der Waals surface area contributed by atoms with Crippen molar-refractivity contribution in [2.45, 2.75) is 25.6 Å². The topological polar surface area (TPSA) is 51.7 Å². The number of hydrogen-bond acceptors (Lipinski definition) is 6. The number of ether oxygens (including phenoxy) is 2. The fourth-order valence-electron chi connectivity index (χ4n) is 3.26. The van der Waals surface area contributed by atoms with Gasteiger partial charge >= 0.3 is 0 Å². The maximum atomic E-state index is 12.6. The number of nitrogens with zero attached hydrogens (tertiary/aromatic N) is 2. The van der Waals surface area contributed by atoms with Gasteiger partial charge in [-0.3, -0.25) is 4.79 Å². The predicted octanol–water partition coefficient (Wildman–Crippen LogP) is 3.79. The molecule has 0 unspecified atom stereocenters. The number of thiophene rings is 1. The van der Waals surface area contributed by atoms with Gasteiger partial charge in [-0.05, 0) is 34.8 Å². The van der Waals surface area contributed by atoms with E-state index in [9.17, 15) is 4.79 Å². The highest BCUT2D eigenvalue weighted by Crippen LogP contribution is 2.32. The van der Waals surface area contributed by atoms with E-state index in [2.05, 4.69) is 27.0 Å². The molecule has 134 valence electrons. The first-order valence-corrected chi connectivity index (χ1v) is 10.9. The molecule has 2 fully saturated rings. The average molecular weight is 443 g/mol. The second-order valence-electron chi connectivity index (χ2n) is 6.28. The zero-order valence-corrected chi connectivity index (χ0v) is 16.9. The van der Waals surface area contributed by atoms with E-state index in [1.807, 2.05) is 15.7 Å². The quantitative estimate of drug-likeness (QED) is 0.722. The normalized spacial score (nSPS) is 19.6. The maximum absolute atomic E-state index is 12.6. The molecule has 0 atom stereocenters. The lowest BCUT2D eigenvalue weighted by Gasteiger charge is -2.33. The average Bonchev–Trinajstić information content (AvgIpc) is 3.36. The largest absolute Gasteiger partial charge is 0.350 e. The highest BCUT2D eigenvalue weighted by atomic mass is 79.9. The Morgan fingerprint density at radius 3 is 2.68 bits per heavy atom. The number of likely N-dealkylation sites (tertiary alicyclic amines) is 1. The zero-order valence-electron chi connectivity index (χ0n) is 13.7. The van der Waals surface area contributed by atoms with Crippen molar-refractivity contribution in [1.82, 2.24) is 9.88 Å². The second-order valence-corrected chi connectivity index (χ2v) is 8.96. The summed E-state index contributed by atoms with van der Waals surface area (Å²) in [4.78, 5) is 20.3. The molecule has 5 nitrogen and oxygen atoms in total. The van der Waals surface area contributed by atoms with Gasteiger partial charge in [0.1, 0.15) is 5.01 Å². The smallest absolute Gasteiger partial charge is 0.228 e. The van der Waals surface area contributed by atoms with Gasteiger partial charge in [0, 0.05) is 34.2 Å². The molecule has 2 aromatic heterocycles.